The molecule has 0 fully saturated rings. The normalized spacial score (nSPS) is 12.7. The summed E-state index contributed by atoms with van der Waals surface area (Å²) in [4.78, 5) is 14.3. The van der Waals surface area contributed by atoms with E-state index in [4.69, 9.17) is 4.74 Å². The van der Waals surface area contributed by atoms with Crippen LogP contribution in [0.25, 0.3) is 6.08 Å². The van der Waals surface area contributed by atoms with E-state index in [1.54, 1.807) is 37.3 Å². The molecular formula is C20H24N2O4S. The molecule has 2 rings (SSSR count). The molecule has 2 aromatic carbocycles. The van der Waals surface area contributed by atoms with E-state index in [-0.39, 0.29) is 16.8 Å². The molecule has 0 heterocycles. The molecule has 1 unspecified atom stereocenters. The fourth-order valence-corrected chi connectivity index (χ4v) is 3.30. The zero-order chi connectivity index (χ0) is 20.0. The Kier molecular flexibility index (Phi) is 6.76. The van der Waals surface area contributed by atoms with Crippen LogP contribution in [0.4, 0.5) is 0 Å². The first-order valence-electron chi connectivity index (χ1n) is 8.41. The first-order valence-corrected chi connectivity index (χ1v) is 9.90. The van der Waals surface area contributed by atoms with Gasteiger partial charge in [0.15, 0.2) is 0 Å². The van der Waals surface area contributed by atoms with Crippen molar-refractivity contribution >= 4 is 22.0 Å². The van der Waals surface area contributed by atoms with Crippen LogP contribution in [-0.4, -0.2) is 40.4 Å². The molecule has 0 aromatic heterocycles. The summed E-state index contributed by atoms with van der Waals surface area (Å²) >= 11 is 0. The summed E-state index contributed by atoms with van der Waals surface area (Å²) in [6.07, 6.45) is 3.12. The summed E-state index contributed by atoms with van der Waals surface area (Å²) in [5.41, 5.74) is 1.66. The van der Waals surface area contributed by atoms with Crippen molar-refractivity contribution < 1.29 is 17.9 Å². The van der Waals surface area contributed by atoms with Gasteiger partial charge in [0.2, 0.25) is 15.9 Å². The van der Waals surface area contributed by atoms with Crippen LogP contribution in [0.2, 0.25) is 0 Å². The summed E-state index contributed by atoms with van der Waals surface area (Å²) in [5, 5.41) is 0. The van der Waals surface area contributed by atoms with Crippen LogP contribution in [0.3, 0.4) is 0 Å². The Morgan fingerprint density at radius 1 is 1.15 bits per heavy atom. The standard InChI is InChI=1S/C20H24N2O4S/c1-15(18-7-5-6-8-19(18)26-4)22(3)20(23)14-11-16-9-12-17(13-10-16)27(24,25)21-2/h5-15,21H,1-4H3/b14-11+. The highest BCUT2D eigenvalue weighted by Crippen LogP contribution is 2.28. The Morgan fingerprint density at radius 2 is 1.78 bits per heavy atom. The molecule has 27 heavy (non-hydrogen) atoms. The number of amides is 1. The maximum atomic E-state index is 12.5. The predicted octanol–water partition coefficient (Wildman–Crippen LogP) is 2.84. The Bertz CT molecular complexity index is 921. The van der Waals surface area contributed by atoms with Crippen molar-refractivity contribution in [1.29, 1.82) is 0 Å². The molecular weight excluding hydrogens is 364 g/mol. The van der Waals surface area contributed by atoms with Crippen LogP contribution >= 0.6 is 0 Å². The number of nitrogens with zero attached hydrogens (tertiary/aromatic N) is 1. The summed E-state index contributed by atoms with van der Waals surface area (Å²) in [7, 11) is 1.22. The van der Waals surface area contributed by atoms with Gasteiger partial charge in [-0.25, -0.2) is 13.1 Å². The Labute approximate surface area is 160 Å². The molecule has 0 saturated carbocycles. The molecule has 0 aliphatic rings. The van der Waals surface area contributed by atoms with Gasteiger partial charge in [-0.3, -0.25) is 4.79 Å². The van der Waals surface area contributed by atoms with Crippen LogP contribution in [-0.2, 0) is 14.8 Å². The van der Waals surface area contributed by atoms with Gasteiger partial charge in [0.25, 0.3) is 0 Å². The molecule has 6 nitrogen and oxygen atoms in total. The molecule has 1 atom stereocenters. The van der Waals surface area contributed by atoms with Crippen molar-refractivity contribution in [2.24, 2.45) is 0 Å². The fraction of sp³-hybridized carbons (Fsp3) is 0.250. The highest BCUT2D eigenvalue weighted by Gasteiger charge is 2.18. The zero-order valence-electron chi connectivity index (χ0n) is 15.8. The lowest BCUT2D eigenvalue weighted by Crippen LogP contribution is -2.28. The topological polar surface area (TPSA) is 75.7 Å². The molecule has 7 heteroatoms. The summed E-state index contributed by atoms with van der Waals surface area (Å²) in [5.74, 6) is 0.565. The number of likely N-dealkylation sites (N-methyl/N-ethyl adjacent to an activating group) is 1. The highest BCUT2D eigenvalue weighted by molar-refractivity contribution is 7.89. The number of para-hydroxylation sites is 1. The van der Waals surface area contributed by atoms with E-state index in [2.05, 4.69) is 4.72 Å². The van der Waals surface area contributed by atoms with E-state index in [0.717, 1.165) is 16.9 Å². The molecule has 0 aliphatic heterocycles. The van der Waals surface area contributed by atoms with E-state index in [0.29, 0.717) is 0 Å². The van der Waals surface area contributed by atoms with Crippen LogP contribution in [0.5, 0.6) is 5.75 Å². The van der Waals surface area contributed by atoms with E-state index in [1.165, 1.54) is 25.3 Å². The van der Waals surface area contributed by atoms with E-state index < -0.39 is 10.0 Å². The summed E-state index contributed by atoms with van der Waals surface area (Å²) < 4.78 is 31.1. The Morgan fingerprint density at radius 3 is 2.37 bits per heavy atom. The number of rotatable bonds is 7. The quantitative estimate of drug-likeness (QED) is 0.740. The Hall–Kier alpha value is -2.64. The molecule has 0 saturated heterocycles. The van der Waals surface area contributed by atoms with Gasteiger partial charge >= 0.3 is 0 Å². The monoisotopic (exact) mass is 388 g/mol. The first kappa shape index (κ1) is 20.7. The van der Waals surface area contributed by atoms with Crippen LogP contribution in [0.15, 0.2) is 59.5 Å². The van der Waals surface area contributed by atoms with E-state index in [1.807, 2.05) is 31.2 Å². The maximum absolute atomic E-state index is 12.5. The smallest absolute Gasteiger partial charge is 0.246 e. The summed E-state index contributed by atoms with van der Waals surface area (Å²) in [6.45, 7) is 1.93. The highest BCUT2D eigenvalue weighted by atomic mass is 32.2. The van der Waals surface area contributed by atoms with Crippen molar-refractivity contribution in [3.63, 3.8) is 0 Å². The van der Waals surface area contributed by atoms with Crippen molar-refractivity contribution in [2.45, 2.75) is 17.9 Å². The van der Waals surface area contributed by atoms with Gasteiger partial charge < -0.3 is 9.64 Å². The SMILES string of the molecule is CNS(=O)(=O)c1ccc(/C=C/C(=O)N(C)C(C)c2ccccc2OC)cc1. The number of hydrogen-bond acceptors (Lipinski definition) is 4. The van der Waals surface area contributed by atoms with Crippen LogP contribution in [0, 0.1) is 0 Å². The van der Waals surface area contributed by atoms with Gasteiger partial charge in [0, 0.05) is 18.7 Å². The van der Waals surface area contributed by atoms with Crippen molar-refractivity contribution in [3.05, 3.63) is 65.7 Å². The second kappa shape index (κ2) is 8.83. The molecule has 2 aromatic rings. The fourth-order valence-electron chi connectivity index (χ4n) is 2.57. The number of nitrogens with one attached hydrogen (secondary N) is 1. The van der Waals surface area contributed by atoms with Gasteiger partial charge in [-0.15, -0.1) is 0 Å². The minimum absolute atomic E-state index is 0.165. The van der Waals surface area contributed by atoms with Gasteiger partial charge in [-0.1, -0.05) is 30.3 Å². The maximum Gasteiger partial charge on any atom is 0.246 e. The average Bonchev–Trinajstić information content (AvgIpc) is 2.71. The molecule has 1 N–H and O–H groups in total. The number of sulfonamides is 1. The number of carbonyl (C=O) groups excluding carboxylic acids is 1. The second-order valence-electron chi connectivity index (χ2n) is 5.98. The third kappa shape index (κ3) is 4.96. The number of benzene rings is 2. The van der Waals surface area contributed by atoms with Gasteiger partial charge in [0.1, 0.15) is 5.75 Å². The molecule has 144 valence electrons. The van der Waals surface area contributed by atoms with E-state index in [9.17, 15) is 13.2 Å². The average molecular weight is 388 g/mol. The molecule has 0 radical (unpaired) electrons. The summed E-state index contributed by atoms with van der Waals surface area (Å²) in [6, 6.07) is 13.7. The Balaban J connectivity index is 2.11. The number of ether oxygens (including phenoxy) is 1. The minimum Gasteiger partial charge on any atom is -0.496 e. The second-order valence-corrected chi connectivity index (χ2v) is 7.86. The number of carbonyl (C=O) groups is 1. The lowest BCUT2D eigenvalue weighted by atomic mass is 10.1. The minimum atomic E-state index is -3.47. The third-order valence-corrected chi connectivity index (χ3v) is 5.83. The van der Waals surface area contributed by atoms with Gasteiger partial charge in [-0.05, 0) is 43.8 Å². The van der Waals surface area contributed by atoms with Crippen LogP contribution < -0.4 is 9.46 Å². The van der Waals surface area contributed by atoms with Crippen molar-refractivity contribution in [3.8, 4) is 5.75 Å². The largest absolute Gasteiger partial charge is 0.496 e. The third-order valence-electron chi connectivity index (χ3n) is 4.40. The lowest BCUT2D eigenvalue weighted by molar-refractivity contribution is -0.126. The lowest BCUT2D eigenvalue weighted by Gasteiger charge is -2.25. The van der Waals surface area contributed by atoms with Crippen molar-refractivity contribution in [2.75, 3.05) is 21.2 Å². The zero-order valence-corrected chi connectivity index (χ0v) is 16.7. The van der Waals surface area contributed by atoms with Gasteiger partial charge in [-0.2, -0.15) is 0 Å². The van der Waals surface area contributed by atoms with E-state index >= 15 is 0 Å². The molecule has 0 aliphatic carbocycles. The predicted molar refractivity (Wildman–Crippen MR) is 106 cm³/mol. The van der Waals surface area contributed by atoms with Crippen molar-refractivity contribution in [1.82, 2.24) is 9.62 Å². The molecule has 0 bridgehead atoms. The molecule has 1 amide bonds. The number of methoxy groups -OCH3 is 1. The molecule has 0 spiro atoms. The number of hydrogen-bond donors (Lipinski definition) is 1. The van der Waals surface area contributed by atoms with Crippen LogP contribution in [0.1, 0.15) is 24.1 Å². The first-order chi connectivity index (χ1) is 12.8. The van der Waals surface area contributed by atoms with Gasteiger partial charge in [0.05, 0.1) is 18.0 Å².